The Kier molecular flexibility index (Phi) is 3.91. The van der Waals surface area contributed by atoms with Gasteiger partial charge in [-0.25, -0.2) is 8.78 Å². The van der Waals surface area contributed by atoms with Gasteiger partial charge in [-0.3, -0.25) is 9.69 Å². The average molecular weight is 254 g/mol. The number of rotatable bonds is 3. The van der Waals surface area contributed by atoms with Gasteiger partial charge in [-0.15, -0.1) is 0 Å². The predicted octanol–water partition coefficient (Wildman–Crippen LogP) is 1.66. The molecule has 2 rings (SSSR count). The standard InChI is InChI=1S/C13H16F2N2O/c14-11-3-1-2-10(12(11)15)8-17-6-4-9(5-7-17)13(16)18/h1-3,9H,4-8H2,(H2,16,18). The van der Waals surface area contributed by atoms with Crippen molar-refractivity contribution in [2.24, 2.45) is 11.7 Å². The molecule has 2 N–H and O–H groups in total. The average Bonchev–Trinajstić information content (AvgIpc) is 2.36. The largest absolute Gasteiger partial charge is 0.369 e. The topological polar surface area (TPSA) is 46.3 Å². The summed E-state index contributed by atoms with van der Waals surface area (Å²) in [5.41, 5.74) is 5.60. The van der Waals surface area contributed by atoms with Crippen LogP contribution in [-0.2, 0) is 11.3 Å². The molecule has 1 aliphatic rings. The van der Waals surface area contributed by atoms with Gasteiger partial charge < -0.3 is 5.73 Å². The number of hydrogen-bond acceptors (Lipinski definition) is 2. The van der Waals surface area contributed by atoms with Crippen molar-refractivity contribution >= 4 is 5.91 Å². The molecule has 0 bridgehead atoms. The molecule has 1 saturated heterocycles. The molecule has 0 aromatic heterocycles. The highest BCUT2D eigenvalue weighted by Gasteiger charge is 2.23. The molecule has 0 saturated carbocycles. The van der Waals surface area contributed by atoms with Gasteiger partial charge >= 0.3 is 0 Å². The maximum Gasteiger partial charge on any atom is 0.220 e. The van der Waals surface area contributed by atoms with Gasteiger partial charge in [0, 0.05) is 18.0 Å². The molecule has 1 aromatic rings. The van der Waals surface area contributed by atoms with E-state index in [1.54, 1.807) is 6.07 Å². The van der Waals surface area contributed by atoms with Crippen LogP contribution in [0.4, 0.5) is 8.78 Å². The first-order chi connectivity index (χ1) is 8.58. The number of hydrogen-bond donors (Lipinski definition) is 1. The van der Waals surface area contributed by atoms with Crippen LogP contribution in [0, 0.1) is 17.6 Å². The molecule has 98 valence electrons. The van der Waals surface area contributed by atoms with E-state index in [1.165, 1.54) is 6.07 Å². The van der Waals surface area contributed by atoms with Crippen molar-refractivity contribution in [3.63, 3.8) is 0 Å². The Labute approximate surface area is 105 Å². The Bertz CT molecular complexity index is 443. The number of carbonyl (C=O) groups excluding carboxylic acids is 1. The summed E-state index contributed by atoms with van der Waals surface area (Å²) < 4.78 is 26.5. The van der Waals surface area contributed by atoms with E-state index in [9.17, 15) is 13.6 Å². The van der Waals surface area contributed by atoms with E-state index in [0.29, 0.717) is 38.0 Å². The van der Waals surface area contributed by atoms with Crippen LogP contribution in [0.5, 0.6) is 0 Å². The lowest BCUT2D eigenvalue weighted by Gasteiger charge is -2.30. The zero-order valence-corrected chi connectivity index (χ0v) is 10.0. The molecule has 5 heteroatoms. The number of benzene rings is 1. The fourth-order valence-corrected chi connectivity index (χ4v) is 2.29. The van der Waals surface area contributed by atoms with Crippen molar-refractivity contribution < 1.29 is 13.6 Å². The maximum absolute atomic E-state index is 13.5. The third-order valence-corrected chi connectivity index (χ3v) is 3.42. The molecule has 0 spiro atoms. The van der Waals surface area contributed by atoms with Gasteiger partial charge in [-0.05, 0) is 32.0 Å². The van der Waals surface area contributed by atoms with E-state index in [1.807, 2.05) is 4.90 Å². The number of primary amides is 1. The maximum atomic E-state index is 13.5. The van der Waals surface area contributed by atoms with Crippen molar-refractivity contribution in [3.8, 4) is 0 Å². The van der Waals surface area contributed by atoms with Gasteiger partial charge in [-0.2, -0.15) is 0 Å². The van der Waals surface area contributed by atoms with Crippen molar-refractivity contribution in [3.05, 3.63) is 35.4 Å². The molecule has 18 heavy (non-hydrogen) atoms. The first kappa shape index (κ1) is 13.0. The Morgan fingerprint density at radius 2 is 2.00 bits per heavy atom. The summed E-state index contributed by atoms with van der Waals surface area (Å²) in [6.07, 6.45) is 1.37. The van der Waals surface area contributed by atoms with Crippen molar-refractivity contribution in [2.75, 3.05) is 13.1 Å². The van der Waals surface area contributed by atoms with Gasteiger partial charge in [-0.1, -0.05) is 12.1 Å². The normalized spacial score (nSPS) is 17.9. The molecule has 0 atom stereocenters. The van der Waals surface area contributed by atoms with Crippen LogP contribution in [-0.4, -0.2) is 23.9 Å². The molecular weight excluding hydrogens is 238 g/mol. The lowest BCUT2D eigenvalue weighted by Crippen LogP contribution is -2.38. The highest BCUT2D eigenvalue weighted by molar-refractivity contribution is 5.76. The molecular formula is C13H16F2N2O. The summed E-state index contributed by atoms with van der Waals surface area (Å²) in [4.78, 5) is 13.0. The van der Waals surface area contributed by atoms with Crippen LogP contribution in [0.25, 0.3) is 0 Å². The number of amides is 1. The lowest BCUT2D eigenvalue weighted by molar-refractivity contribution is -0.123. The highest BCUT2D eigenvalue weighted by atomic mass is 19.2. The summed E-state index contributed by atoms with van der Waals surface area (Å²) in [5, 5.41) is 0. The second kappa shape index (κ2) is 5.44. The summed E-state index contributed by atoms with van der Waals surface area (Å²) in [7, 11) is 0. The van der Waals surface area contributed by atoms with Crippen LogP contribution in [0.2, 0.25) is 0 Å². The first-order valence-corrected chi connectivity index (χ1v) is 6.02. The van der Waals surface area contributed by atoms with E-state index in [0.717, 1.165) is 6.07 Å². The molecule has 3 nitrogen and oxygen atoms in total. The van der Waals surface area contributed by atoms with Crippen LogP contribution in [0.15, 0.2) is 18.2 Å². The zero-order chi connectivity index (χ0) is 13.1. The number of nitrogens with zero attached hydrogens (tertiary/aromatic N) is 1. The quantitative estimate of drug-likeness (QED) is 0.891. The van der Waals surface area contributed by atoms with Crippen molar-refractivity contribution in [1.82, 2.24) is 4.90 Å². The smallest absolute Gasteiger partial charge is 0.220 e. The SMILES string of the molecule is NC(=O)C1CCN(Cc2cccc(F)c2F)CC1. The van der Waals surface area contributed by atoms with Gasteiger partial charge in [0.05, 0.1) is 0 Å². The molecule has 0 unspecified atom stereocenters. The molecule has 0 radical (unpaired) electrons. The van der Waals surface area contributed by atoms with E-state index < -0.39 is 11.6 Å². The zero-order valence-electron chi connectivity index (χ0n) is 10.0. The number of halogens is 2. The molecule has 1 aliphatic heterocycles. The highest BCUT2D eigenvalue weighted by Crippen LogP contribution is 2.20. The van der Waals surface area contributed by atoms with Gasteiger partial charge in [0.2, 0.25) is 5.91 Å². The minimum atomic E-state index is -0.820. The monoisotopic (exact) mass is 254 g/mol. The Balaban J connectivity index is 1.96. The molecule has 1 fully saturated rings. The molecule has 1 heterocycles. The summed E-state index contributed by atoms with van der Waals surface area (Å²) in [6, 6.07) is 4.20. The van der Waals surface area contributed by atoms with Crippen LogP contribution < -0.4 is 5.73 Å². The summed E-state index contributed by atoms with van der Waals surface area (Å²) in [6.45, 7) is 1.74. The Hall–Kier alpha value is -1.49. The van der Waals surface area contributed by atoms with Crippen LogP contribution >= 0.6 is 0 Å². The third kappa shape index (κ3) is 2.85. The lowest BCUT2D eigenvalue weighted by atomic mass is 9.96. The van der Waals surface area contributed by atoms with Gasteiger partial charge in [0.25, 0.3) is 0 Å². The van der Waals surface area contributed by atoms with Crippen LogP contribution in [0.3, 0.4) is 0 Å². The Morgan fingerprint density at radius 1 is 1.33 bits per heavy atom. The molecule has 1 aromatic carbocycles. The number of piperidine rings is 1. The van der Waals surface area contributed by atoms with Gasteiger partial charge in [0.15, 0.2) is 11.6 Å². The minimum Gasteiger partial charge on any atom is -0.369 e. The fraction of sp³-hybridized carbons (Fsp3) is 0.462. The van der Waals surface area contributed by atoms with Crippen LogP contribution in [0.1, 0.15) is 18.4 Å². The van der Waals surface area contributed by atoms with Crippen molar-refractivity contribution in [1.29, 1.82) is 0 Å². The van der Waals surface area contributed by atoms with Gasteiger partial charge in [0.1, 0.15) is 0 Å². The van der Waals surface area contributed by atoms with E-state index in [2.05, 4.69) is 0 Å². The Morgan fingerprint density at radius 3 is 2.61 bits per heavy atom. The summed E-state index contributed by atoms with van der Waals surface area (Å²) in [5.74, 6) is -1.96. The second-order valence-electron chi connectivity index (χ2n) is 4.67. The fourth-order valence-electron chi connectivity index (χ4n) is 2.29. The van der Waals surface area contributed by atoms with Crippen molar-refractivity contribution in [2.45, 2.75) is 19.4 Å². The third-order valence-electron chi connectivity index (χ3n) is 3.42. The van der Waals surface area contributed by atoms with E-state index in [-0.39, 0.29) is 11.8 Å². The number of nitrogens with two attached hydrogens (primary N) is 1. The first-order valence-electron chi connectivity index (χ1n) is 6.02. The minimum absolute atomic E-state index is 0.0846. The second-order valence-corrected chi connectivity index (χ2v) is 4.67. The number of likely N-dealkylation sites (tertiary alicyclic amines) is 1. The molecule has 0 aliphatic carbocycles. The number of carbonyl (C=O) groups is 1. The van der Waals surface area contributed by atoms with E-state index in [4.69, 9.17) is 5.73 Å². The predicted molar refractivity (Wildman–Crippen MR) is 63.6 cm³/mol. The summed E-state index contributed by atoms with van der Waals surface area (Å²) >= 11 is 0. The van der Waals surface area contributed by atoms with E-state index >= 15 is 0 Å². The molecule has 1 amide bonds.